The maximum atomic E-state index is 9.61. The highest BCUT2D eigenvalue weighted by molar-refractivity contribution is 5.32. The van der Waals surface area contributed by atoms with Gasteiger partial charge in [0, 0.05) is 12.8 Å². The smallest absolute Gasteiger partial charge is 0.162 e. The van der Waals surface area contributed by atoms with E-state index in [9.17, 15) is 10.2 Å². The molecule has 0 radical (unpaired) electrons. The van der Waals surface area contributed by atoms with Crippen LogP contribution in [-0.2, 0) is 0 Å². The fourth-order valence-electron chi connectivity index (χ4n) is 3.45. The van der Waals surface area contributed by atoms with Crippen molar-refractivity contribution in [3.63, 3.8) is 0 Å². The van der Waals surface area contributed by atoms with Gasteiger partial charge in [-0.2, -0.15) is 0 Å². The van der Waals surface area contributed by atoms with Crippen LogP contribution in [0.4, 0.5) is 0 Å². The Morgan fingerprint density at radius 2 is 1.94 bits per heavy atom. The normalized spacial score (nSPS) is 37.4. The van der Waals surface area contributed by atoms with Gasteiger partial charge in [0.1, 0.15) is 0 Å². The summed E-state index contributed by atoms with van der Waals surface area (Å²) in [5.74, 6) is -0.852. The van der Waals surface area contributed by atoms with Gasteiger partial charge in [-0.15, -0.1) is 0 Å². The lowest BCUT2D eigenvalue weighted by Gasteiger charge is -2.33. The van der Waals surface area contributed by atoms with Crippen LogP contribution >= 0.6 is 0 Å². The molecule has 2 saturated carbocycles. The second-order valence-corrected chi connectivity index (χ2v) is 5.40. The molecule has 2 fully saturated rings. The first kappa shape index (κ1) is 12.8. The summed E-state index contributed by atoms with van der Waals surface area (Å²) in [4.78, 5) is 0. The van der Waals surface area contributed by atoms with Crippen LogP contribution in [0.2, 0.25) is 0 Å². The molecule has 0 heterocycles. The van der Waals surface area contributed by atoms with E-state index in [0.717, 1.165) is 12.8 Å². The highest BCUT2D eigenvalue weighted by Crippen LogP contribution is 2.67. The van der Waals surface area contributed by atoms with Crippen molar-refractivity contribution < 1.29 is 10.2 Å². The molecule has 2 heteroatoms. The molecule has 2 atom stereocenters. The molecule has 0 aromatic rings. The van der Waals surface area contributed by atoms with Crippen LogP contribution in [0.1, 0.15) is 52.4 Å². The molecule has 96 valence electrons. The highest BCUT2D eigenvalue weighted by Gasteiger charge is 2.60. The van der Waals surface area contributed by atoms with E-state index in [-0.39, 0.29) is 0 Å². The number of fused-ring (bicyclic) bond motifs is 1. The third kappa shape index (κ3) is 2.34. The van der Waals surface area contributed by atoms with Crippen molar-refractivity contribution in [3.8, 4) is 0 Å². The lowest BCUT2D eigenvalue weighted by atomic mass is 9.77. The lowest BCUT2D eigenvalue weighted by Crippen LogP contribution is -2.34. The summed E-state index contributed by atoms with van der Waals surface area (Å²) in [7, 11) is 0. The molecule has 0 spiro atoms. The van der Waals surface area contributed by atoms with E-state index in [2.05, 4.69) is 18.2 Å². The van der Waals surface area contributed by atoms with E-state index in [1.807, 2.05) is 13.8 Å². The van der Waals surface area contributed by atoms with Crippen LogP contribution in [0.3, 0.4) is 0 Å². The summed E-state index contributed by atoms with van der Waals surface area (Å²) in [5, 5.41) is 19.2. The highest BCUT2D eigenvalue weighted by atomic mass is 16.5. The first-order valence-corrected chi connectivity index (χ1v) is 6.93. The van der Waals surface area contributed by atoms with Gasteiger partial charge >= 0.3 is 0 Å². The van der Waals surface area contributed by atoms with Crippen LogP contribution in [0.15, 0.2) is 23.8 Å². The Morgan fingerprint density at radius 3 is 2.53 bits per heavy atom. The van der Waals surface area contributed by atoms with Gasteiger partial charge in [0.2, 0.25) is 0 Å². The van der Waals surface area contributed by atoms with Crippen molar-refractivity contribution in [2.24, 2.45) is 11.3 Å². The van der Waals surface area contributed by atoms with Crippen LogP contribution in [0.5, 0.6) is 0 Å². The monoisotopic (exact) mass is 236 g/mol. The van der Waals surface area contributed by atoms with Gasteiger partial charge in [0.05, 0.1) is 0 Å². The molecule has 2 nitrogen and oxygen atoms in total. The Balaban J connectivity index is 0.000000514. The van der Waals surface area contributed by atoms with Crippen LogP contribution in [0.25, 0.3) is 0 Å². The van der Waals surface area contributed by atoms with Gasteiger partial charge in [-0.3, -0.25) is 0 Å². The van der Waals surface area contributed by atoms with Crippen molar-refractivity contribution in [2.45, 2.75) is 58.2 Å². The quantitative estimate of drug-likeness (QED) is 0.687. The topological polar surface area (TPSA) is 40.5 Å². The Morgan fingerprint density at radius 1 is 1.18 bits per heavy atom. The van der Waals surface area contributed by atoms with Gasteiger partial charge in [-0.25, -0.2) is 0 Å². The van der Waals surface area contributed by atoms with E-state index in [4.69, 9.17) is 0 Å². The van der Waals surface area contributed by atoms with E-state index in [1.54, 1.807) is 5.57 Å². The summed E-state index contributed by atoms with van der Waals surface area (Å²) in [5.41, 5.74) is 1.92. The Labute approximate surface area is 104 Å². The Kier molecular flexibility index (Phi) is 3.46. The van der Waals surface area contributed by atoms with Gasteiger partial charge in [0.15, 0.2) is 5.79 Å². The second kappa shape index (κ2) is 4.58. The van der Waals surface area contributed by atoms with Crippen molar-refractivity contribution >= 4 is 0 Å². The van der Waals surface area contributed by atoms with Gasteiger partial charge in [-0.05, 0) is 37.0 Å². The minimum atomic E-state index is -1.38. The van der Waals surface area contributed by atoms with E-state index < -0.39 is 5.79 Å². The summed E-state index contributed by atoms with van der Waals surface area (Å²) < 4.78 is 0. The van der Waals surface area contributed by atoms with Crippen LogP contribution < -0.4 is 0 Å². The Bertz CT molecular complexity index is 341. The molecule has 0 aromatic carbocycles. The zero-order chi connectivity index (χ0) is 12.5. The largest absolute Gasteiger partial charge is 0.366 e. The third-order valence-electron chi connectivity index (χ3n) is 4.43. The average molecular weight is 236 g/mol. The summed E-state index contributed by atoms with van der Waals surface area (Å²) in [6, 6.07) is 0. The summed E-state index contributed by atoms with van der Waals surface area (Å²) in [6.07, 6.45) is 12.2. The van der Waals surface area contributed by atoms with Gasteiger partial charge in [0.25, 0.3) is 0 Å². The van der Waals surface area contributed by atoms with E-state index in [1.165, 1.54) is 12.8 Å². The van der Waals surface area contributed by atoms with Crippen molar-refractivity contribution in [3.05, 3.63) is 23.8 Å². The Hall–Kier alpha value is -0.600. The van der Waals surface area contributed by atoms with E-state index >= 15 is 0 Å². The van der Waals surface area contributed by atoms with Crippen molar-refractivity contribution in [1.82, 2.24) is 0 Å². The number of hydrogen-bond acceptors (Lipinski definition) is 2. The minimum absolute atomic E-state index is 0.361. The molecule has 17 heavy (non-hydrogen) atoms. The fraction of sp³-hybridized carbons (Fsp3) is 0.733. The van der Waals surface area contributed by atoms with Crippen molar-refractivity contribution in [2.75, 3.05) is 0 Å². The first-order chi connectivity index (χ1) is 8.12. The second-order valence-electron chi connectivity index (χ2n) is 5.40. The van der Waals surface area contributed by atoms with Gasteiger partial charge in [-0.1, -0.05) is 37.6 Å². The maximum absolute atomic E-state index is 9.61. The summed E-state index contributed by atoms with van der Waals surface area (Å²) >= 11 is 0. The van der Waals surface area contributed by atoms with Crippen LogP contribution in [0, 0.1) is 11.3 Å². The average Bonchev–Trinajstić information content (AvgIpc) is 3.06. The minimum Gasteiger partial charge on any atom is -0.366 e. The molecule has 0 aliphatic heterocycles. The molecular weight excluding hydrogens is 212 g/mol. The maximum Gasteiger partial charge on any atom is 0.162 e. The number of allylic oxidation sites excluding steroid dienone is 4. The fourth-order valence-corrected chi connectivity index (χ4v) is 3.45. The number of aliphatic hydroxyl groups is 2. The molecule has 0 amide bonds. The molecule has 2 unspecified atom stereocenters. The SMILES string of the molecule is CC.OC1(O)CCC2(C3=CC=CCC3)CC2C1. The molecule has 3 aliphatic carbocycles. The number of rotatable bonds is 1. The zero-order valence-electron chi connectivity index (χ0n) is 10.9. The van der Waals surface area contributed by atoms with Crippen LogP contribution in [-0.4, -0.2) is 16.0 Å². The standard InChI is InChI=1S/C13H18O2.C2H6/c14-13(15)7-6-12(8-11(12)9-13)10-4-2-1-3-5-10;1-2/h1-2,4,11,14-15H,3,5-9H2;1-2H3. The molecule has 2 N–H and O–H groups in total. The molecule has 3 aliphatic rings. The molecule has 0 aromatic heterocycles. The predicted molar refractivity (Wildman–Crippen MR) is 69.4 cm³/mol. The molecule has 3 rings (SSSR count). The van der Waals surface area contributed by atoms with Gasteiger partial charge < -0.3 is 10.2 Å². The predicted octanol–water partition coefficient (Wildman–Crippen LogP) is 3.16. The third-order valence-corrected chi connectivity index (χ3v) is 4.43. The van der Waals surface area contributed by atoms with E-state index in [0.29, 0.717) is 24.2 Å². The molecule has 0 bridgehead atoms. The number of hydrogen-bond donors (Lipinski definition) is 2. The lowest BCUT2D eigenvalue weighted by molar-refractivity contribution is -0.186. The zero-order valence-corrected chi connectivity index (χ0v) is 10.9. The molecular formula is C15H24O2. The molecule has 0 saturated heterocycles. The first-order valence-electron chi connectivity index (χ1n) is 6.93. The van der Waals surface area contributed by atoms with Crippen molar-refractivity contribution in [1.29, 1.82) is 0 Å². The summed E-state index contributed by atoms with van der Waals surface area (Å²) in [6.45, 7) is 4.00.